The molecule has 6 N–H and O–H groups in total. The number of esters is 2. The average molecular weight is 819 g/mol. The SMILES string of the molecule is CCCC/C=C/C/C=C/CCCCCCCC(=O)O[C@H](COC(=O)CCCCCCC/C=C/CCCCCC)COP(=O)(O)OC1C(O)C(O)C(O)[C@@H](O)C1O. The zero-order chi connectivity index (χ0) is 41.4. The molecular formula is C42H75O13P. The molecule has 13 nitrogen and oxygen atoms in total. The van der Waals surface area contributed by atoms with E-state index in [-0.39, 0.29) is 12.8 Å². The number of phosphoric ester groups is 1. The van der Waals surface area contributed by atoms with Crippen molar-refractivity contribution in [1.29, 1.82) is 0 Å². The summed E-state index contributed by atoms with van der Waals surface area (Å²) >= 11 is 0. The highest BCUT2D eigenvalue weighted by Crippen LogP contribution is 2.47. The summed E-state index contributed by atoms with van der Waals surface area (Å²) in [6, 6.07) is 0. The predicted octanol–water partition coefficient (Wildman–Crippen LogP) is 7.44. The average Bonchev–Trinajstić information content (AvgIpc) is 3.18. The highest BCUT2D eigenvalue weighted by Gasteiger charge is 2.51. The Morgan fingerprint density at radius 3 is 1.52 bits per heavy atom. The smallest absolute Gasteiger partial charge is 0.462 e. The maximum atomic E-state index is 12.8. The molecule has 0 aromatic rings. The molecule has 326 valence electrons. The fraction of sp³-hybridized carbons (Fsp3) is 0.810. The van der Waals surface area contributed by atoms with Gasteiger partial charge < -0.3 is 39.9 Å². The van der Waals surface area contributed by atoms with E-state index in [4.69, 9.17) is 18.5 Å². The van der Waals surface area contributed by atoms with Gasteiger partial charge in [0.15, 0.2) is 6.10 Å². The molecule has 0 heterocycles. The van der Waals surface area contributed by atoms with E-state index in [0.29, 0.717) is 12.8 Å². The van der Waals surface area contributed by atoms with Crippen molar-refractivity contribution < 1.29 is 63.1 Å². The molecule has 1 aliphatic carbocycles. The maximum Gasteiger partial charge on any atom is 0.472 e. The lowest BCUT2D eigenvalue weighted by Crippen LogP contribution is -2.64. The first-order valence-corrected chi connectivity index (χ1v) is 22.8. The molecule has 1 saturated carbocycles. The minimum Gasteiger partial charge on any atom is -0.462 e. The van der Waals surface area contributed by atoms with Crippen molar-refractivity contribution in [1.82, 2.24) is 0 Å². The number of hydrogen-bond acceptors (Lipinski definition) is 12. The number of phosphoric acid groups is 1. The van der Waals surface area contributed by atoms with Gasteiger partial charge in [-0.1, -0.05) is 121 Å². The van der Waals surface area contributed by atoms with Crippen molar-refractivity contribution in [2.45, 2.75) is 204 Å². The number of aliphatic hydroxyl groups excluding tert-OH is 5. The number of carbonyl (C=O) groups is 2. The Bertz CT molecular complexity index is 1130. The van der Waals surface area contributed by atoms with Crippen molar-refractivity contribution in [3.8, 4) is 0 Å². The lowest BCUT2D eigenvalue weighted by molar-refractivity contribution is -0.220. The lowest BCUT2D eigenvalue weighted by atomic mass is 9.85. The summed E-state index contributed by atoms with van der Waals surface area (Å²) in [5.74, 6) is -1.13. The summed E-state index contributed by atoms with van der Waals surface area (Å²) in [7, 11) is -5.12. The van der Waals surface area contributed by atoms with Gasteiger partial charge in [0.2, 0.25) is 0 Å². The van der Waals surface area contributed by atoms with E-state index in [0.717, 1.165) is 83.5 Å². The van der Waals surface area contributed by atoms with E-state index in [1.807, 2.05) is 0 Å². The van der Waals surface area contributed by atoms with Crippen LogP contribution in [0.25, 0.3) is 0 Å². The Kier molecular flexibility index (Phi) is 30.7. The Hall–Kier alpha value is -1.93. The second kappa shape index (κ2) is 33.0. The third kappa shape index (κ3) is 25.4. The van der Waals surface area contributed by atoms with Gasteiger partial charge in [-0.15, -0.1) is 0 Å². The number of unbranched alkanes of at least 4 members (excludes halogenated alkanes) is 16. The highest BCUT2D eigenvalue weighted by molar-refractivity contribution is 7.47. The molecule has 0 saturated heterocycles. The van der Waals surface area contributed by atoms with Gasteiger partial charge in [0.25, 0.3) is 0 Å². The van der Waals surface area contributed by atoms with Crippen molar-refractivity contribution in [3.05, 3.63) is 36.5 Å². The quantitative estimate of drug-likeness (QED) is 0.0162. The molecule has 0 aromatic carbocycles. The molecular weight excluding hydrogens is 743 g/mol. The molecule has 0 radical (unpaired) electrons. The third-order valence-corrected chi connectivity index (χ3v) is 10.7. The van der Waals surface area contributed by atoms with Gasteiger partial charge in [0, 0.05) is 12.8 Å². The first-order valence-electron chi connectivity index (χ1n) is 21.3. The summed E-state index contributed by atoms with van der Waals surface area (Å²) in [6.07, 6.45) is 22.1. The molecule has 6 unspecified atom stereocenters. The molecule has 0 bridgehead atoms. The predicted molar refractivity (Wildman–Crippen MR) is 216 cm³/mol. The van der Waals surface area contributed by atoms with Crippen molar-refractivity contribution >= 4 is 19.8 Å². The zero-order valence-electron chi connectivity index (χ0n) is 34.2. The van der Waals surface area contributed by atoms with E-state index in [2.05, 4.69) is 50.3 Å². The minimum atomic E-state index is -5.12. The fourth-order valence-corrected chi connectivity index (χ4v) is 7.15. The summed E-state index contributed by atoms with van der Waals surface area (Å²) < 4.78 is 33.4. The fourth-order valence-electron chi connectivity index (χ4n) is 6.18. The van der Waals surface area contributed by atoms with Gasteiger partial charge in [-0.3, -0.25) is 18.6 Å². The molecule has 0 aromatic heterocycles. The second-order valence-electron chi connectivity index (χ2n) is 14.8. The topological polar surface area (TPSA) is 210 Å². The van der Waals surface area contributed by atoms with Crippen LogP contribution in [0.1, 0.15) is 162 Å². The Morgan fingerprint density at radius 2 is 0.982 bits per heavy atom. The molecule has 8 atom stereocenters. The van der Waals surface area contributed by atoms with Gasteiger partial charge in [-0.05, 0) is 64.2 Å². The Morgan fingerprint density at radius 1 is 0.554 bits per heavy atom. The van der Waals surface area contributed by atoms with Crippen LogP contribution in [0.4, 0.5) is 0 Å². The van der Waals surface area contributed by atoms with Crippen LogP contribution in [0.2, 0.25) is 0 Å². The van der Waals surface area contributed by atoms with Crippen molar-refractivity contribution in [2.75, 3.05) is 13.2 Å². The van der Waals surface area contributed by atoms with Crippen LogP contribution in [0.5, 0.6) is 0 Å². The number of hydrogen-bond donors (Lipinski definition) is 6. The van der Waals surface area contributed by atoms with E-state index >= 15 is 0 Å². The molecule has 1 rings (SSSR count). The highest BCUT2D eigenvalue weighted by atomic mass is 31.2. The maximum absolute atomic E-state index is 12.8. The standard InChI is InChI=1S/C42H75O13P/c1-3-5-7-9-11-13-15-17-19-21-23-25-27-29-31-36(44)54-34(33-53-56(50,51)55-42-40(48)38(46)37(45)39(47)41(42)49)32-52-35(43)30-28-26-24-22-20-18-16-14-12-10-8-6-4-2/h9,11,14-17,34,37-42,45-49H,3-8,10,12-13,18-33H2,1-2H3,(H,50,51)/b11-9+,16-14+,17-15+/t34-,37?,38-,39?,40?,41?,42?/m1/s1. The summed E-state index contributed by atoms with van der Waals surface area (Å²) in [5, 5.41) is 50.0. The summed E-state index contributed by atoms with van der Waals surface area (Å²) in [4.78, 5) is 35.6. The Labute approximate surface area is 336 Å². The molecule has 0 amide bonds. The van der Waals surface area contributed by atoms with E-state index in [1.54, 1.807) is 0 Å². The number of rotatable bonds is 34. The van der Waals surface area contributed by atoms with Gasteiger partial charge >= 0.3 is 19.8 Å². The van der Waals surface area contributed by atoms with Crippen LogP contribution in [-0.2, 0) is 32.7 Å². The van der Waals surface area contributed by atoms with Crippen LogP contribution in [0.3, 0.4) is 0 Å². The first kappa shape index (κ1) is 52.1. The lowest BCUT2D eigenvalue weighted by Gasteiger charge is -2.41. The number of ether oxygens (including phenoxy) is 2. The van der Waals surface area contributed by atoms with Gasteiger partial charge in [0.05, 0.1) is 6.61 Å². The summed E-state index contributed by atoms with van der Waals surface area (Å²) in [6.45, 7) is 3.20. The number of carbonyl (C=O) groups excluding carboxylic acids is 2. The normalized spacial score (nSPS) is 23.2. The van der Waals surface area contributed by atoms with Crippen LogP contribution < -0.4 is 0 Å². The largest absolute Gasteiger partial charge is 0.472 e. The molecule has 1 fully saturated rings. The Balaban J connectivity index is 2.52. The van der Waals surface area contributed by atoms with E-state index in [9.17, 15) is 44.6 Å². The van der Waals surface area contributed by atoms with Crippen LogP contribution in [-0.4, -0.2) is 98.3 Å². The number of aliphatic hydroxyl groups is 5. The minimum absolute atomic E-state index is 0.0787. The molecule has 14 heteroatoms. The molecule has 1 aliphatic rings. The van der Waals surface area contributed by atoms with Crippen LogP contribution >= 0.6 is 7.82 Å². The molecule has 0 spiro atoms. The first-order chi connectivity index (χ1) is 26.9. The molecule has 0 aliphatic heterocycles. The van der Waals surface area contributed by atoms with Gasteiger partial charge in [-0.25, -0.2) is 4.57 Å². The molecule has 56 heavy (non-hydrogen) atoms. The van der Waals surface area contributed by atoms with E-state index < -0.39 is 75.7 Å². The third-order valence-electron chi connectivity index (χ3n) is 9.70. The monoisotopic (exact) mass is 818 g/mol. The van der Waals surface area contributed by atoms with Crippen LogP contribution in [0.15, 0.2) is 36.5 Å². The number of allylic oxidation sites excluding steroid dienone is 6. The van der Waals surface area contributed by atoms with Crippen LogP contribution in [0, 0.1) is 0 Å². The van der Waals surface area contributed by atoms with Gasteiger partial charge in [-0.2, -0.15) is 0 Å². The van der Waals surface area contributed by atoms with Crippen molar-refractivity contribution in [2.24, 2.45) is 0 Å². The van der Waals surface area contributed by atoms with E-state index in [1.165, 1.54) is 38.5 Å². The summed E-state index contributed by atoms with van der Waals surface area (Å²) in [5.41, 5.74) is 0. The van der Waals surface area contributed by atoms with Crippen molar-refractivity contribution in [3.63, 3.8) is 0 Å². The van der Waals surface area contributed by atoms with Gasteiger partial charge in [0.1, 0.15) is 43.2 Å². The zero-order valence-corrected chi connectivity index (χ0v) is 35.1. The second-order valence-corrected chi connectivity index (χ2v) is 16.2.